The lowest BCUT2D eigenvalue weighted by atomic mass is 9.90. The highest BCUT2D eigenvalue weighted by atomic mass is 32.1. The summed E-state index contributed by atoms with van der Waals surface area (Å²) in [5.41, 5.74) is -0.681. The molecule has 0 unspecified atom stereocenters. The maximum Gasteiger partial charge on any atom is 0.315 e. The molecule has 0 saturated carbocycles. The second kappa shape index (κ2) is 5.24. The molecule has 0 atom stereocenters. The van der Waals surface area contributed by atoms with E-state index in [4.69, 9.17) is 9.84 Å². The van der Waals surface area contributed by atoms with Crippen LogP contribution in [-0.4, -0.2) is 35.3 Å². The van der Waals surface area contributed by atoms with E-state index in [2.05, 4.69) is 10.3 Å². The van der Waals surface area contributed by atoms with Gasteiger partial charge in [-0.3, -0.25) is 4.79 Å². The lowest BCUT2D eigenvalue weighted by Gasteiger charge is -2.22. The Hall–Kier alpha value is -1.14. The van der Waals surface area contributed by atoms with E-state index in [1.54, 1.807) is 26.3 Å². The van der Waals surface area contributed by atoms with E-state index in [1.165, 1.54) is 11.3 Å². The molecule has 0 amide bonds. The monoisotopic (exact) mass is 272 g/mol. The standard InChI is InChI=1S/C12H20N2O3S/c1-11(2,17-5)7-13-10-14-8(6-18-10)12(3,4)9(15)16/h6H,7H2,1-5H3,(H,13,14)(H,15,16). The predicted molar refractivity (Wildman–Crippen MR) is 72.4 cm³/mol. The third-order valence-corrected chi connectivity index (χ3v) is 3.70. The normalized spacial score (nSPS) is 12.5. The molecule has 1 heterocycles. The molecule has 0 bridgehead atoms. The molecule has 1 aromatic heterocycles. The van der Waals surface area contributed by atoms with Crippen LogP contribution in [0.25, 0.3) is 0 Å². The van der Waals surface area contributed by atoms with Gasteiger partial charge in [0.1, 0.15) is 5.41 Å². The summed E-state index contributed by atoms with van der Waals surface area (Å²) in [7, 11) is 1.66. The van der Waals surface area contributed by atoms with Crippen LogP contribution in [0.1, 0.15) is 33.4 Å². The average Bonchev–Trinajstić information content (AvgIpc) is 2.75. The van der Waals surface area contributed by atoms with Gasteiger partial charge in [-0.25, -0.2) is 4.98 Å². The summed E-state index contributed by atoms with van der Waals surface area (Å²) in [6.45, 7) is 7.84. The van der Waals surface area contributed by atoms with Crippen molar-refractivity contribution in [1.82, 2.24) is 4.98 Å². The number of carboxylic acid groups (broad SMARTS) is 1. The quantitative estimate of drug-likeness (QED) is 0.831. The summed E-state index contributed by atoms with van der Waals surface area (Å²) in [4.78, 5) is 15.4. The number of hydrogen-bond acceptors (Lipinski definition) is 5. The number of rotatable bonds is 6. The zero-order valence-electron chi connectivity index (χ0n) is 11.4. The van der Waals surface area contributed by atoms with E-state index in [0.29, 0.717) is 17.4 Å². The maximum atomic E-state index is 11.1. The van der Waals surface area contributed by atoms with Gasteiger partial charge in [0.05, 0.1) is 11.3 Å². The maximum absolute atomic E-state index is 11.1. The summed E-state index contributed by atoms with van der Waals surface area (Å²) >= 11 is 1.40. The van der Waals surface area contributed by atoms with Gasteiger partial charge in [0.25, 0.3) is 0 Å². The van der Waals surface area contributed by atoms with Crippen LogP contribution >= 0.6 is 11.3 Å². The first-order valence-corrected chi connectivity index (χ1v) is 6.55. The molecule has 6 heteroatoms. The molecule has 0 aromatic carbocycles. The lowest BCUT2D eigenvalue weighted by molar-refractivity contribution is -0.142. The Morgan fingerprint density at radius 3 is 2.61 bits per heavy atom. The molecule has 5 nitrogen and oxygen atoms in total. The molecule has 18 heavy (non-hydrogen) atoms. The van der Waals surface area contributed by atoms with Crippen molar-refractivity contribution < 1.29 is 14.6 Å². The van der Waals surface area contributed by atoms with E-state index in [-0.39, 0.29) is 5.60 Å². The highest BCUT2D eigenvalue weighted by Gasteiger charge is 2.32. The minimum absolute atomic E-state index is 0.284. The molecule has 2 N–H and O–H groups in total. The third-order valence-electron chi connectivity index (χ3n) is 2.90. The summed E-state index contributed by atoms with van der Waals surface area (Å²) in [5, 5.41) is 14.8. The van der Waals surface area contributed by atoms with Crippen LogP contribution in [0.15, 0.2) is 5.38 Å². The Labute approximate surface area is 111 Å². The third kappa shape index (κ3) is 3.43. The Bertz CT molecular complexity index is 427. The molecule has 0 aliphatic rings. The summed E-state index contributed by atoms with van der Waals surface area (Å²) in [6.07, 6.45) is 0. The number of thiazole rings is 1. The van der Waals surface area contributed by atoms with Gasteiger partial charge in [-0.05, 0) is 27.7 Å². The lowest BCUT2D eigenvalue weighted by Crippen LogP contribution is -2.32. The predicted octanol–water partition coefficient (Wildman–Crippen LogP) is 2.34. The molecule has 0 spiro atoms. The first-order valence-electron chi connectivity index (χ1n) is 5.67. The van der Waals surface area contributed by atoms with Crippen molar-refractivity contribution in [2.75, 3.05) is 19.0 Å². The Morgan fingerprint density at radius 1 is 1.50 bits per heavy atom. The Morgan fingerprint density at radius 2 is 2.11 bits per heavy atom. The van der Waals surface area contributed by atoms with E-state index in [9.17, 15) is 4.79 Å². The van der Waals surface area contributed by atoms with Crippen molar-refractivity contribution in [2.45, 2.75) is 38.7 Å². The average molecular weight is 272 g/mol. The van der Waals surface area contributed by atoms with Gasteiger partial charge in [0.15, 0.2) is 5.13 Å². The van der Waals surface area contributed by atoms with E-state index in [1.807, 2.05) is 13.8 Å². The molecule has 1 rings (SSSR count). The second-order valence-corrected chi connectivity index (χ2v) is 6.14. The molecule has 1 aromatic rings. The van der Waals surface area contributed by atoms with Crippen molar-refractivity contribution in [3.8, 4) is 0 Å². The van der Waals surface area contributed by atoms with Crippen LogP contribution in [0.4, 0.5) is 5.13 Å². The summed E-state index contributed by atoms with van der Waals surface area (Å²) in [5.74, 6) is -0.878. The number of ether oxygens (including phenoxy) is 1. The molecule has 0 radical (unpaired) electrons. The smallest absolute Gasteiger partial charge is 0.315 e. The van der Waals surface area contributed by atoms with Gasteiger partial charge in [-0.2, -0.15) is 0 Å². The number of hydrogen-bond donors (Lipinski definition) is 2. The van der Waals surface area contributed by atoms with Crippen LogP contribution in [0, 0.1) is 0 Å². The van der Waals surface area contributed by atoms with E-state index in [0.717, 1.165) is 0 Å². The van der Waals surface area contributed by atoms with Crippen LogP contribution < -0.4 is 5.32 Å². The molecule has 102 valence electrons. The first-order chi connectivity index (χ1) is 8.19. The SMILES string of the molecule is COC(C)(C)CNc1nc(C(C)(C)C(=O)O)cs1. The molecular weight excluding hydrogens is 252 g/mol. The van der Waals surface area contributed by atoms with Crippen molar-refractivity contribution in [2.24, 2.45) is 0 Å². The van der Waals surface area contributed by atoms with Gasteiger partial charge in [0, 0.05) is 19.0 Å². The minimum atomic E-state index is -0.965. The van der Waals surface area contributed by atoms with Crippen LogP contribution in [0.2, 0.25) is 0 Å². The van der Waals surface area contributed by atoms with Crippen LogP contribution in [-0.2, 0) is 14.9 Å². The number of aliphatic carboxylic acids is 1. The first kappa shape index (κ1) is 14.9. The number of anilines is 1. The number of carbonyl (C=O) groups is 1. The van der Waals surface area contributed by atoms with Gasteiger partial charge in [-0.15, -0.1) is 11.3 Å². The highest BCUT2D eigenvalue weighted by molar-refractivity contribution is 7.13. The molecular formula is C12H20N2O3S. The van der Waals surface area contributed by atoms with Gasteiger partial charge >= 0.3 is 5.97 Å². The minimum Gasteiger partial charge on any atom is -0.481 e. The van der Waals surface area contributed by atoms with Gasteiger partial charge < -0.3 is 15.2 Å². The zero-order chi connectivity index (χ0) is 14.0. The summed E-state index contributed by atoms with van der Waals surface area (Å²) < 4.78 is 5.29. The van der Waals surface area contributed by atoms with Gasteiger partial charge in [-0.1, -0.05) is 0 Å². The van der Waals surface area contributed by atoms with E-state index < -0.39 is 11.4 Å². The van der Waals surface area contributed by atoms with Crippen molar-refractivity contribution in [3.05, 3.63) is 11.1 Å². The van der Waals surface area contributed by atoms with Crippen LogP contribution in [0.5, 0.6) is 0 Å². The summed E-state index contributed by atoms with van der Waals surface area (Å²) in [6, 6.07) is 0. The molecule has 0 fully saturated rings. The number of nitrogens with one attached hydrogen (secondary N) is 1. The molecule has 0 aliphatic heterocycles. The van der Waals surface area contributed by atoms with E-state index >= 15 is 0 Å². The number of carboxylic acids is 1. The van der Waals surface area contributed by atoms with Crippen molar-refractivity contribution >= 4 is 22.4 Å². The fourth-order valence-corrected chi connectivity index (χ4v) is 1.99. The van der Waals surface area contributed by atoms with Gasteiger partial charge in [0.2, 0.25) is 0 Å². The second-order valence-electron chi connectivity index (χ2n) is 5.29. The topological polar surface area (TPSA) is 71.5 Å². The fourth-order valence-electron chi connectivity index (χ4n) is 1.11. The number of methoxy groups -OCH3 is 1. The fraction of sp³-hybridized carbons (Fsp3) is 0.667. The molecule has 0 aliphatic carbocycles. The van der Waals surface area contributed by atoms with Crippen molar-refractivity contribution in [3.63, 3.8) is 0 Å². The Balaban J connectivity index is 2.73. The zero-order valence-corrected chi connectivity index (χ0v) is 12.2. The molecule has 0 saturated heterocycles. The van der Waals surface area contributed by atoms with Crippen molar-refractivity contribution in [1.29, 1.82) is 0 Å². The largest absolute Gasteiger partial charge is 0.481 e. The number of aromatic nitrogens is 1. The number of nitrogens with zero attached hydrogens (tertiary/aromatic N) is 1. The van der Waals surface area contributed by atoms with Crippen LogP contribution in [0.3, 0.4) is 0 Å². The highest BCUT2D eigenvalue weighted by Crippen LogP contribution is 2.27. The Kier molecular flexibility index (Phi) is 4.34.